The predicted molar refractivity (Wildman–Crippen MR) is 82.5 cm³/mol. The molecule has 128 valence electrons. The van der Waals surface area contributed by atoms with Crippen molar-refractivity contribution in [1.29, 1.82) is 0 Å². The molecule has 2 amide bonds. The molecule has 0 unspecified atom stereocenters. The van der Waals surface area contributed by atoms with Crippen LogP contribution in [0.15, 0.2) is 25.3 Å². The minimum absolute atomic E-state index is 0.337. The number of nitrogens with one attached hydrogen (secondary N) is 2. The van der Waals surface area contributed by atoms with Gasteiger partial charge in [-0.1, -0.05) is 13.2 Å². The Bertz CT molecular complexity index is 674. The van der Waals surface area contributed by atoms with Gasteiger partial charge in [-0.2, -0.15) is 0 Å². The van der Waals surface area contributed by atoms with Gasteiger partial charge in [-0.15, -0.1) is 0 Å². The van der Waals surface area contributed by atoms with Gasteiger partial charge in [0.1, 0.15) is 0 Å². The summed E-state index contributed by atoms with van der Waals surface area (Å²) in [6.07, 6.45) is 1.87. The maximum absolute atomic E-state index is 11.5. The molecule has 0 saturated heterocycles. The highest BCUT2D eigenvalue weighted by Gasteiger charge is 2.27. The monoisotopic (exact) mass is 336 g/mol. The van der Waals surface area contributed by atoms with Gasteiger partial charge in [0.25, 0.3) is 0 Å². The lowest BCUT2D eigenvalue weighted by Gasteiger charge is -2.17. The summed E-state index contributed by atoms with van der Waals surface area (Å²) in [5.74, 6) is -5.57. The van der Waals surface area contributed by atoms with E-state index in [-0.39, 0.29) is 11.1 Å². The van der Waals surface area contributed by atoms with Crippen molar-refractivity contribution in [2.24, 2.45) is 0 Å². The average Bonchev–Trinajstić information content (AvgIpc) is 2.56. The van der Waals surface area contributed by atoms with Gasteiger partial charge < -0.3 is 31.1 Å². The van der Waals surface area contributed by atoms with E-state index in [9.17, 15) is 34.8 Å². The number of phenols is 3. The first-order valence-corrected chi connectivity index (χ1v) is 6.56. The van der Waals surface area contributed by atoms with Gasteiger partial charge in [-0.05, 0) is 12.2 Å². The van der Waals surface area contributed by atoms with Gasteiger partial charge in [0.05, 0.1) is 5.56 Å². The molecular weight excluding hydrogens is 320 g/mol. The van der Waals surface area contributed by atoms with Crippen molar-refractivity contribution >= 4 is 17.8 Å². The largest absolute Gasteiger partial charge is 0.504 e. The Hall–Kier alpha value is -3.49. The lowest BCUT2D eigenvalue weighted by Crippen LogP contribution is -2.25. The van der Waals surface area contributed by atoms with Crippen LogP contribution >= 0.6 is 0 Å². The van der Waals surface area contributed by atoms with E-state index in [4.69, 9.17) is 0 Å². The predicted octanol–water partition coefficient (Wildman–Crippen LogP) is 0.106. The van der Waals surface area contributed by atoms with Crippen LogP contribution in [0.2, 0.25) is 0 Å². The number of phenolic OH excluding ortho intramolecular Hbond substituents is 3. The molecule has 0 radical (unpaired) electrons. The van der Waals surface area contributed by atoms with Crippen molar-refractivity contribution in [3.8, 4) is 17.2 Å². The molecule has 1 aromatic rings. The molecule has 1 aromatic carbocycles. The second-order valence-electron chi connectivity index (χ2n) is 4.53. The van der Waals surface area contributed by atoms with Gasteiger partial charge in [0.2, 0.25) is 17.6 Å². The van der Waals surface area contributed by atoms with Crippen LogP contribution in [0.3, 0.4) is 0 Å². The highest BCUT2D eigenvalue weighted by Crippen LogP contribution is 2.43. The first-order chi connectivity index (χ1) is 11.2. The van der Waals surface area contributed by atoms with E-state index >= 15 is 0 Å². The second kappa shape index (κ2) is 7.68. The molecule has 1 rings (SSSR count). The summed E-state index contributed by atoms with van der Waals surface area (Å²) < 4.78 is 0. The Morgan fingerprint density at radius 2 is 1.21 bits per heavy atom. The number of rotatable bonds is 7. The van der Waals surface area contributed by atoms with E-state index in [0.29, 0.717) is 0 Å². The summed E-state index contributed by atoms with van der Waals surface area (Å²) in [6, 6.07) is 0. The molecule has 0 bridgehead atoms. The molecule has 9 heteroatoms. The summed E-state index contributed by atoms with van der Waals surface area (Å²) in [7, 11) is 0. The third-order valence-electron chi connectivity index (χ3n) is 3.09. The smallest absolute Gasteiger partial charge is 0.336 e. The quantitative estimate of drug-likeness (QED) is 0.305. The van der Waals surface area contributed by atoms with E-state index in [1.807, 2.05) is 0 Å². The highest BCUT2D eigenvalue weighted by molar-refractivity contribution is 5.95. The van der Waals surface area contributed by atoms with E-state index < -0.39 is 53.7 Å². The molecule has 6 N–H and O–H groups in total. The Kier molecular flexibility index (Phi) is 5.94. The van der Waals surface area contributed by atoms with Crippen LogP contribution in [-0.4, -0.2) is 38.2 Å². The van der Waals surface area contributed by atoms with Gasteiger partial charge >= 0.3 is 5.97 Å². The molecule has 24 heavy (non-hydrogen) atoms. The van der Waals surface area contributed by atoms with Crippen LogP contribution in [0.5, 0.6) is 17.2 Å². The standard InChI is InChI=1S/C15H16N2O7/c1-3-9(18)16-5-7-11(15(23)24)8(6-17-10(19)4-2)13(21)14(22)12(7)20/h3-4,20-22H,1-2,5-6H2,(H,16,18)(H,17,19)(H,23,24). The Morgan fingerprint density at radius 1 is 0.833 bits per heavy atom. The molecule has 0 heterocycles. The van der Waals surface area contributed by atoms with Gasteiger partial charge in [-0.3, -0.25) is 9.59 Å². The summed E-state index contributed by atoms with van der Waals surface area (Å²) in [4.78, 5) is 34.0. The van der Waals surface area contributed by atoms with E-state index in [1.54, 1.807) is 0 Å². The zero-order chi connectivity index (χ0) is 18.4. The number of benzene rings is 1. The molecule has 0 aliphatic carbocycles. The number of carbonyl (C=O) groups is 3. The van der Waals surface area contributed by atoms with Crippen molar-refractivity contribution in [1.82, 2.24) is 10.6 Å². The van der Waals surface area contributed by atoms with Crippen LogP contribution in [0.4, 0.5) is 0 Å². The van der Waals surface area contributed by atoms with Crippen molar-refractivity contribution in [2.45, 2.75) is 13.1 Å². The number of amides is 2. The summed E-state index contributed by atoms with van der Waals surface area (Å²) in [5.41, 5.74) is -1.23. The van der Waals surface area contributed by atoms with Crippen molar-refractivity contribution < 1.29 is 34.8 Å². The fourth-order valence-electron chi connectivity index (χ4n) is 1.91. The van der Waals surface area contributed by atoms with Crippen LogP contribution in [0.25, 0.3) is 0 Å². The van der Waals surface area contributed by atoms with Crippen LogP contribution in [0, 0.1) is 0 Å². The van der Waals surface area contributed by atoms with Crippen LogP contribution in [0.1, 0.15) is 21.5 Å². The third kappa shape index (κ3) is 3.83. The van der Waals surface area contributed by atoms with Crippen molar-refractivity contribution in [3.05, 3.63) is 42.0 Å². The number of hydrogen-bond acceptors (Lipinski definition) is 6. The van der Waals surface area contributed by atoms with Gasteiger partial charge in [0.15, 0.2) is 11.5 Å². The topological polar surface area (TPSA) is 156 Å². The fourth-order valence-corrected chi connectivity index (χ4v) is 1.91. The fraction of sp³-hybridized carbons (Fsp3) is 0.133. The van der Waals surface area contributed by atoms with Crippen molar-refractivity contribution in [3.63, 3.8) is 0 Å². The Morgan fingerprint density at radius 3 is 1.50 bits per heavy atom. The highest BCUT2D eigenvalue weighted by atomic mass is 16.4. The zero-order valence-electron chi connectivity index (χ0n) is 12.5. The lowest BCUT2D eigenvalue weighted by molar-refractivity contribution is -0.117. The van der Waals surface area contributed by atoms with E-state index in [2.05, 4.69) is 23.8 Å². The molecule has 0 saturated carbocycles. The molecule has 9 nitrogen and oxygen atoms in total. The molecular formula is C15H16N2O7. The molecule has 0 aliphatic rings. The SMILES string of the molecule is C=CC(=O)NCc1c(O)c(O)c(O)c(CNC(=O)C=C)c1C(=O)O. The lowest BCUT2D eigenvalue weighted by atomic mass is 9.97. The number of aromatic carboxylic acids is 1. The van der Waals surface area contributed by atoms with Crippen LogP contribution in [-0.2, 0) is 22.7 Å². The minimum atomic E-state index is -1.54. The van der Waals surface area contributed by atoms with Gasteiger partial charge in [0, 0.05) is 24.2 Å². The molecule has 0 atom stereocenters. The van der Waals surface area contributed by atoms with E-state index in [1.165, 1.54) is 0 Å². The number of carbonyl (C=O) groups excluding carboxylic acids is 2. The molecule has 0 fully saturated rings. The Balaban J connectivity index is 3.45. The molecule has 0 spiro atoms. The summed E-state index contributed by atoms with van der Waals surface area (Å²) in [5, 5.41) is 43.4. The number of aromatic hydroxyl groups is 3. The summed E-state index contributed by atoms with van der Waals surface area (Å²) >= 11 is 0. The first kappa shape index (κ1) is 18.6. The molecule has 0 aliphatic heterocycles. The average molecular weight is 336 g/mol. The molecule has 0 aromatic heterocycles. The third-order valence-corrected chi connectivity index (χ3v) is 3.09. The maximum Gasteiger partial charge on any atom is 0.336 e. The number of hydrogen-bond donors (Lipinski definition) is 6. The van der Waals surface area contributed by atoms with Gasteiger partial charge in [-0.25, -0.2) is 4.79 Å². The van der Waals surface area contributed by atoms with Crippen LogP contribution < -0.4 is 10.6 Å². The zero-order valence-corrected chi connectivity index (χ0v) is 12.5. The normalized spacial score (nSPS) is 9.83. The maximum atomic E-state index is 11.5. The minimum Gasteiger partial charge on any atom is -0.504 e. The van der Waals surface area contributed by atoms with E-state index in [0.717, 1.165) is 12.2 Å². The Labute approximate surface area is 136 Å². The second-order valence-corrected chi connectivity index (χ2v) is 4.53. The summed E-state index contributed by atoms with van der Waals surface area (Å²) in [6.45, 7) is 5.55. The number of carboxylic acid groups (broad SMARTS) is 1. The van der Waals surface area contributed by atoms with Crippen molar-refractivity contribution in [2.75, 3.05) is 0 Å². The number of carboxylic acids is 1. The first-order valence-electron chi connectivity index (χ1n) is 6.56.